The van der Waals surface area contributed by atoms with Crippen molar-refractivity contribution in [2.75, 3.05) is 11.9 Å². The summed E-state index contributed by atoms with van der Waals surface area (Å²) in [7, 11) is 0. The van der Waals surface area contributed by atoms with Crippen molar-refractivity contribution in [2.45, 2.75) is 19.8 Å². The fraction of sp³-hybridized carbons (Fsp3) is 0.154. The SMILES string of the molecule is CC(C)c1ccccc1Oc1coc2cc(OCC(=O)Nc3cc(Cl)cc(Cl)c3)ccc2c1=O. The van der Waals surface area contributed by atoms with Gasteiger partial charge >= 0.3 is 0 Å². The van der Waals surface area contributed by atoms with Crippen LogP contribution in [0.15, 0.2) is 76.1 Å². The Bertz CT molecular complexity index is 1390. The zero-order valence-electron chi connectivity index (χ0n) is 18.4. The van der Waals surface area contributed by atoms with Crippen LogP contribution in [0.4, 0.5) is 5.69 Å². The number of benzene rings is 3. The zero-order chi connectivity index (χ0) is 24.2. The van der Waals surface area contributed by atoms with Crippen LogP contribution in [-0.4, -0.2) is 12.5 Å². The Morgan fingerprint density at radius 2 is 1.74 bits per heavy atom. The number of rotatable bonds is 7. The molecular weight excluding hydrogens is 477 g/mol. The largest absolute Gasteiger partial charge is 0.484 e. The maximum absolute atomic E-state index is 12.9. The number of anilines is 1. The molecule has 0 aliphatic carbocycles. The average Bonchev–Trinajstić information content (AvgIpc) is 2.79. The quantitative estimate of drug-likeness (QED) is 0.296. The summed E-state index contributed by atoms with van der Waals surface area (Å²) in [6.07, 6.45) is 1.28. The molecule has 0 radical (unpaired) electrons. The van der Waals surface area contributed by atoms with Gasteiger partial charge < -0.3 is 19.2 Å². The second kappa shape index (κ2) is 10.2. The molecule has 1 N–H and O–H groups in total. The maximum Gasteiger partial charge on any atom is 0.262 e. The Labute approximate surface area is 206 Å². The molecule has 1 amide bonds. The van der Waals surface area contributed by atoms with Gasteiger partial charge in [0, 0.05) is 21.8 Å². The molecular formula is C26H21Cl2NO5. The Morgan fingerprint density at radius 1 is 1.00 bits per heavy atom. The van der Waals surface area contributed by atoms with E-state index in [0.717, 1.165) is 5.56 Å². The van der Waals surface area contributed by atoms with Gasteiger partial charge in [-0.2, -0.15) is 0 Å². The van der Waals surface area contributed by atoms with E-state index in [4.69, 9.17) is 37.1 Å². The number of carbonyl (C=O) groups excluding carboxylic acids is 1. The van der Waals surface area contributed by atoms with Crippen LogP contribution in [-0.2, 0) is 4.79 Å². The summed E-state index contributed by atoms with van der Waals surface area (Å²) >= 11 is 11.9. The van der Waals surface area contributed by atoms with Gasteiger partial charge in [-0.25, -0.2) is 0 Å². The van der Waals surface area contributed by atoms with Gasteiger partial charge in [-0.3, -0.25) is 9.59 Å². The first-order chi connectivity index (χ1) is 16.3. The normalized spacial score (nSPS) is 11.0. The van der Waals surface area contributed by atoms with E-state index in [2.05, 4.69) is 19.2 Å². The van der Waals surface area contributed by atoms with Crippen LogP contribution in [0.2, 0.25) is 10.0 Å². The Kier molecular flexibility index (Phi) is 7.10. The number of amides is 1. The molecule has 0 saturated carbocycles. The minimum Gasteiger partial charge on any atom is -0.484 e. The van der Waals surface area contributed by atoms with Gasteiger partial charge in [0.1, 0.15) is 23.3 Å². The van der Waals surface area contributed by atoms with Gasteiger partial charge in [0.05, 0.1) is 5.39 Å². The maximum atomic E-state index is 12.9. The number of hydrogen-bond acceptors (Lipinski definition) is 5. The number of carbonyl (C=O) groups is 1. The van der Waals surface area contributed by atoms with Crippen molar-refractivity contribution in [2.24, 2.45) is 0 Å². The molecule has 4 aromatic rings. The second-order valence-electron chi connectivity index (χ2n) is 7.88. The van der Waals surface area contributed by atoms with E-state index in [1.807, 2.05) is 24.3 Å². The number of hydrogen-bond donors (Lipinski definition) is 1. The molecule has 0 bridgehead atoms. The van der Waals surface area contributed by atoms with Crippen LogP contribution in [0.1, 0.15) is 25.3 Å². The number of nitrogens with one attached hydrogen (secondary N) is 1. The highest BCUT2D eigenvalue weighted by Crippen LogP contribution is 2.30. The summed E-state index contributed by atoms with van der Waals surface area (Å²) in [5, 5.41) is 3.81. The number of fused-ring (bicyclic) bond motifs is 1. The molecule has 174 valence electrons. The van der Waals surface area contributed by atoms with E-state index in [-0.39, 0.29) is 23.7 Å². The average molecular weight is 498 g/mol. The lowest BCUT2D eigenvalue weighted by atomic mass is 10.0. The third kappa shape index (κ3) is 5.53. The Morgan fingerprint density at radius 3 is 2.47 bits per heavy atom. The molecule has 1 heterocycles. The van der Waals surface area contributed by atoms with Crippen molar-refractivity contribution < 1.29 is 18.7 Å². The van der Waals surface area contributed by atoms with Crippen molar-refractivity contribution in [1.29, 1.82) is 0 Å². The van der Waals surface area contributed by atoms with Crippen molar-refractivity contribution >= 4 is 45.8 Å². The number of para-hydroxylation sites is 1. The number of ether oxygens (including phenoxy) is 2. The third-order valence-electron chi connectivity index (χ3n) is 4.99. The predicted octanol–water partition coefficient (Wildman–Crippen LogP) is 7.03. The fourth-order valence-corrected chi connectivity index (χ4v) is 3.92. The van der Waals surface area contributed by atoms with Crippen LogP contribution in [0.25, 0.3) is 11.0 Å². The Balaban J connectivity index is 1.47. The van der Waals surface area contributed by atoms with Gasteiger partial charge in [0.15, 0.2) is 6.61 Å². The smallest absolute Gasteiger partial charge is 0.262 e. The van der Waals surface area contributed by atoms with Gasteiger partial charge in [-0.1, -0.05) is 55.2 Å². The second-order valence-corrected chi connectivity index (χ2v) is 8.75. The van der Waals surface area contributed by atoms with Crippen molar-refractivity contribution in [1.82, 2.24) is 0 Å². The molecule has 1 aromatic heterocycles. The molecule has 0 saturated heterocycles. The molecule has 0 unspecified atom stereocenters. The van der Waals surface area contributed by atoms with Gasteiger partial charge in [-0.15, -0.1) is 0 Å². The standard InChI is InChI=1S/C26H21Cl2NO5/c1-15(2)20-5-3-4-6-22(20)34-24-13-33-23-12-19(7-8-21(23)26(24)31)32-14-25(30)29-18-10-16(27)9-17(28)11-18/h3-13,15H,14H2,1-2H3,(H,29,30). The fourth-order valence-electron chi connectivity index (χ4n) is 3.39. The molecule has 0 fully saturated rings. The molecule has 6 nitrogen and oxygen atoms in total. The summed E-state index contributed by atoms with van der Waals surface area (Å²) in [4.78, 5) is 25.1. The monoisotopic (exact) mass is 497 g/mol. The highest BCUT2D eigenvalue weighted by molar-refractivity contribution is 6.35. The van der Waals surface area contributed by atoms with E-state index in [9.17, 15) is 9.59 Å². The zero-order valence-corrected chi connectivity index (χ0v) is 19.9. The highest BCUT2D eigenvalue weighted by atomic mass is 35.5. The molecule has 0 aliphatic rings. The molecule has 3 aromatic carbocycles. The van der Waals surface area contributed by atoms with E-state index in [0.29, 0.717) is 38.2 Å². The molecule has 0 spiro atoms. The lowest BCUT2D eigenvalue weighted by Crippen LogP contribution is -2.20. The van der Waals surface area contributed by atoms with E-state index in [1.165, 1.54) is 6.26 Å². The summed E-state index contributed by atoms with van der Waals surface area (Å²) in [6.45, 7) is 3.85. The minimum absolute atomic E-state index is 0.0915. The van der Waals surface area contributed by atoms with Crippen LogP contribution < -0.4 is 20.2 Å². The minimum atomic E-state index is -0.396. The topological polar surface area (TPSA) is 77.8 Å². The Hall–Kier alpha value is -3.48. The molecule has 34 heavy (non-hydrogen) atoms. The van der Waals surface area contributed by atoms with E-state index >= 15 is 0 Å². The van der Waals surface area contributed by atoms with Crippen LogP contribution in [0.5, 0.6) is 17.2 Å². The lowest BCUT2D eigenvalue weighted by Gasteiger charge is -2.13. The van der Waals surface area contributed by atoms with Crippen LogP contribution >= 0.6 is 23.2 Å². The summed E-state index contributed by atoms with van der Waals surface area (Å²) in [6, 6.07) is 17.0. The van der Waals surface area contributed by atoms with Crippen molar-refractivity contribution in [3.05, 3.63) is 92.8 Å². The summed E-state index contributed by atoms with van der Waals surface area (Å²) in [5.74, 6) is 0.905. The van der Waals surface area contributed by atoms with Crippen molar-refractivity contribution in [3.63, 3.8) is 0 Å². The van der Waals surface area contributed by atoms with E-state index in [1.54, 1.807) is 36.4 Å². The summed E-state index contributed by atoms with van der Waals surface area (Å²) < 4.78 is 17.1. The molecule has 0 aliphatic heterocycles. The van der Waals surface area contributed by atoms with Gasteiger partial charge in [0.25, 0.3) is 5.91 Å². The highest BCUT2D eigenvalue weighted by Gasteiger charge is 2.14. The predicted molar refractivity (Wildman–Crippen MR) is 134 cm³/mol. The summed E-state index contributed by atoms with van der Waals surface area (Å²) in [5.41, 5.74) is 1.46. The molecule has 0 atom stereocenters. The van der Waals surface area contributed by atoms with Crippen LogP contribution in [0, 0.1) is 0 Å². The number of halogens is 2. The third-order valence-corrected chi connectivity index (χ3v) is 5.43. The van der Waals surface area contributed by atoms with Gasteiger partial charge in [0.2, 0.25) is 11.2 Å². The first kappa shape index (κ1) is 23.7. The first-order valence-electron chi connectivity index (χ1n) is 10.5. The van der Waals surface area contributed by atoms with Crippen molar-refractivity contribution in [3.8, 4) is 17.2 Å². The van der Waals surface area contributed by atoms with Crippen LogP contribution in [0.3, 0.4) is 0 Å². The molecule has 8 heteroatoms. The van der Waals surface area contributed by atoms with E-state index < -0.39 is 5.91 Å². The molecule has 4 rings (SSSR count). The first-order valence-corrected chi connectivity index (χ1v) is 11.3. The van der Waals surface area contributed by atoms with Gasteiger partial charge in [-0.05, 0) is 47.9 Å². The lowest BCUT2D eigenvalue weighted by molar-refractivity contribution is -0.118.